The van der Waals surface area contributed by atoms with Crippen LogP contribution in [-0.4, -0.2) is 22.3 Å². The van der Waals surface area contributed by atoms with Gasteiger partial charge < -0.3 is 10.2 Å². The minimum Gasteiger partial charge on any atom is -0.481 e. The quantitative estimate of drug-likeness (QED) is 0.411. The summed E-state index contributed by atoms with van der Waals surface area (Å²) in [5, 5.41) is 21.5. The molecule has 3 nitrogen and oxygen atoms in total. The van der Waals surface area contributed by atoms with Gasteiger partial charge in [-0.25, -0.2) is 0 Å². The fourth-order valence-corrected chi connectivity index (χ4v) is 11.5. The highest BCUT2D eigenvalue weighted by Crippen LogP contribution is 2.76. The molecular weight excluding hydrogens is 420 g/mol. The Balaban J connectivity index is 1.53. The SMILES string of the molecule is C=C(C)[C@@H]1CC[C@]2(C(=O)O)CC[C@]3(C)[C@H](CC[C@@H]4[C@@]5(C)CC[C@H](O)C(C)(C)[C@@H]5CC[C@]43C)[C@H]2C1. The third-order valence-corrected chi connectivity index (χ3v) is 13.8. The summed E-state index contributed by atoms with van der Waals surface area (Å²) in [4.78, 5) is 12.8. The molecule has 5 aliphatic rings. The van der Waals surface area contributed by atoms with Crippen LogP contribution in [0.25, 0.3) is 0 Å². The van der Waals surface area contributed by atoms with Crippen LogP contribution in [-0.2, 0) is 4.79 Å². The maximum absolute atomic E-state index is 12.8. The van der Waals surface area contributed by atoms with Crippen molar-refractivity contribution in [3.05, 3.63) is 12.2 Å². The van der Waals surface area contributed by atoms with E-state index in [1.54, 1.807) is 0 Å². The van der Waals surface area contributed by atoms with Crippen LogP contribution in [0.3, 0.4) is 0 Å². The second-order valence-electron chi connectivity index (χ2n) is 14.9. The van der Waals surface area contributed by atoms with Gasteiger partial charge in [0, 0.05) is 0 Å². The molecule has 5 fully saturated rings. The van der Waals surface area contributed by atoms with Crippen molar-refractivity contribution in [1.82, 2.24) is 0 Å². The average molecular weight is 471 g/mol. The van der Waals surface area contributed by atoms with Crippen LogP contribution in [0.4, 0.5) is 0 Å². The van der Waals surface area contributed by atoms with E-state index in [9.17, 15) is 15.0 Å². The minimum absolute atomic E-state index is 0.0187. The molecule has 5 aliphatic carbocycles. The summed E-state index contributed by atoms with van der Waals surface area (Å²) in [6, 6.07) is 0. The van der Waals surface area contributed by atoms with Crippen molar-refractivity contribution in [2.24, 2.45) is 56.7 Å². The summed E-state index contributed by atoms with van der Waals surface area (Å²) in [5.74, 6) is 2.00. The van der Waals surface area contributed by atoms with Crippen LogP contribution in [0, 0.1) is 56.7 Å². The molecule has 0 aromatic rings. The minimum atomic E-state index is -0.523. The molecule has 0 saturated heterocycles. The fraction of sp³-hybridized carbons (Fsp3) is 0.903. The van der Waals surface area contributed by atoms with E-state index in [2.05, 4.69) is 48.1 Å². The van der Waals surface area contributed by atoms with Crippen molar-refractivity contribution in [2.75, 3.05) is 0 Å². The van der Waals surface area contributed by atoms with Gasteiger partial charge in [-0.3, -0.25) is 4.79 Å². The number of aliphatic carboxylic acids is 1. The first-order valence-electron chi connectivity index (χ1n) is 14.3. The first-order valence-corrected chi connectivity index (χ1v) is 14.3. The van der Waals surface area contributed by atoms with Crippen molar-refractivity contribution >= 4 is 5.97 Å². The molecule has 5 rings (SSSR count). The number of carboxylic acid groups (broad SMARTS) is 1. The lowest BCUT2D eigenvalue weighted by atomic mass is 9.31. The lowest BCUT2D eigenvalue weighted by Crippen LogP contribution is -2.67. The Hall–Kier alpha value is -0.830. The maximum Gasteiger partial charge on any atom is 0.309 e. The summed E-state index contributed by atoms with van der Waals surface area (Å²) < 4.78 is 0. The molecule has 34 heavy (non-hydrogen) atoms. The zero-order valence-corrected chi connectivity index (χ0v) is 22.8. The number of fused-ring (bicyclic) bond motifs is 7. The van der Waals surface area contributed by atoms with Gasteiger partial charge in [-0.05, 0) is 129 Å². The Kier molecular flexibility index (Phi) is 5.55. The van der Waals surface area contributed by atoms with Gasteiger partial charge in [0.15, 0.2) is 0 Å². The van der Waals surface area contributed by atoms with Crippen molar-refractivity contribution in [3.63, 3.8) is 0 Å². The van der Waals surface area contributed by atoms with E-state index >= 15 is 0 Å². The molecule has 0 aromatic carbocycles. The van der Waals surface area contributed by atoms with E-state index in [-0.39, 0.29) is 33.7 Å². The summed E-state index contributed by atoms with van der Waals surface area (Å²) in [5.41, 5.74) is 1.44. The van der Waals surface area contributed by atoms with Crippen LogP contribution >= 0.6 is 0 Å². The Morgan fingerprint density at radius 2 is 1.50 bits per heavy atom. The van der Waals surface area contributed by atoms with Crippen LogP contribution in [0.15, 0.2) is 12.2 Å². The van der Waals surface area contributed by atoms with E-state index in [0.717, 1.165) is 44.9 Å². The molecule has 0 heterocycles. The van der Waals surface area contributed by atoms with E-state index in [1.807, 2.05) is 0 Å². The third kappa shape index (κ3) is 2.94. The molecule has 5 saturated carbocycles. The topological polar surface area (TPSA) is 57.5 Å². The van der Waals surface area contributed by atoms with Crippen molar-refractivity contribution in [1.29, 1.82) is 0 Å². The number of aliphatic hydroxyl groups excluding tert-OH is 1. The predicted molar refractivity (Wildman–Crippen MR) is 137 cm³/mol. The van der Waals surface area contributed by atoms with Crippen molar-refractivity contribution in [2.45, 2.75) is 118 Å². The molecule has 2 N–H and O–H groups in total. The highest BCUT2D eigenvalue weighted by Gasteiger charge is 2.70. The maximum atomic E-state index is 12.8. The van der Waals surface area contributed by atoms with E-state index in [4.69, 9.17) is 0 Å². The van der Waals surface area contributed by atoms with Crippen LogP contribution in [0.1, 0.15) is 112 Å². The number of allylic oxidation sites excluding steroid dienone is 1. The summed E-state index contributed by atoms with van der Waals surface area (Å²) in [7, 11) is 0. The van der Waals surface area contributed by atoms with Gasteiger partial charge in [0.1, 0.15) is 0 Å². The molecule has 192 valence electrons. The molecule has 10 atom stereocenters. The van der Waals surface area contributed by atoms with Gasteiger partial charge in [0.25, 0.3) is 0 Å². The van der Waals surface area contributed by atoms with E-state index in [0.29, 0.717) is 23.7 Å². The standard InChI is InChI=1S/C31H50O3/c1-19(2)20-10-15-31(26(33)34)17-16-29(6)21(22(31)18-20)8-9-24-28(5)13-12-25(32)27(3,4)23(28)11-14-30(24,29)7/h20-25,32H,1,8-18H2,2-7H3,(H,33,34)/t20-,21-,22-,23+,24-,25+,28+,29-,30-,31+/m1/s1. The Bertz CT molecular complexity index is 876. The second-order valence-corrected chi connectivity index (χ2v) is 14.9. The molecule has 0 spiro atoms. The summed E-state index contributed by atoms with van der Waals surface area (Å²) >= 11 is 0. The average Bonchev–Trinajstić information content (AvgIpc) is 2.76. The normalized spacial score (nSPS) is 54.1. The van der Waals surface area contributed by atoms with Gasteiger partial charge in [-0.15, -0.1) is 0 Å². The number of rotatable bonds is 2. The molecule has 0 bridgehead atoms. The predicted octanol–water partition coefficient (Wildman–Crippen LogP) is 7.48. The van der Waals surface area contributed by atoms with E-state index < -0.39 is 11.4 Å². The molecule has 0 unspecified atom stereocenters. The third-order valence-electron chi connectivity index (χ3n) is 13.8. The lowest BCUT2D eigenvalue weighted by Gasteiger charge is -2.73. The number of carbonyl (C=O) groups is 1. The van der Waals surface area contributed by atoms with Crippen LogP contribution in [0.2, 0.25) is 0 Å². The highest BCUT2D eigenvalue weighted by molar-refractivity contribution is 5.75. The first-order chi connectivity index (χ1) is 15.7. The number of hydrogen-bond donors (Lipinski definition) is 2. The van der Waals surface area contributed by atoms with Gasteiger partial charge in [-0.2, -0.15) is 0 Å². The summed E-state index contributed by atoms with van der Waals surface area (Å²) in [6.45, 7) is 18.8. The molecule has 0 radical (unpaired) electrons. The Morgan fingerprint density at radius 3 is 2.15 bits per heavy atom. The molecule has 0 amide bonds. The van der Waals surface area contributed by atoms with Gasteiger partial charge in [-0.1, -0.05) is 46.8 Å². The Morgan fingerprint density at radius 1 is 0.794 bits per heavy atom. The summed E-state index contributed by atoms with van der Waals surface area (Å²) in [6.07, 6.45) is 11.5. The Labute approximate surface area is 208 Å². The van der Waals surface area contributed by atoms with Gasteiger partial charge >= 0.3 is 5.97 Å². The fourth-order valence-electron chi connectivity index (χ4n) is 11.5. The first kappa shape index (κ1) is 24.8. The van der Waals surface area contributed by atoms with Crippen LogP contribution < -0.4 is 0 Å². The number of carboxylic acids is 1. The number of aliphatic hydroxyl groups is 1. The number of hydrogen-bond acceptors (Lipinski definition) is 2. The largest absolute Gasteiger partial charge is 0.481 e. The molecule has 0 aromatic heterocycles. The van der Waals surface area contributed by atoms with Crippen molar-refractivity contribution < 1.29 is 15.0 Å². The van der Waals surface area contributed by atoms with Crippen LogP contribution in [0.5, 0.6) is 0 Å². The smallest absolute Gasteiger partial charge is 0.309 e. The zero-order valence-electron chi connectivity index (χ0n) is 22.8. The lowest BCUT2D eigenvalue weighted by molar-refractivity contribution is -0.252. The monoisotopic (exact) mass is 470 g/mol. The van der Waals surface area contributed by atoms with Gasteiger partial charge in [0.2, 0.25) is 0 Å². The van der Waals surface area contributed by atoms with Gasteiger partial charge in [0.05, 0.1) is 11.5 Å². The molecular formula is C31H50O3. The second kappa shape index (κ2) is 7.59. The molecule has 3 heteroatoms. The van der Waals surface area contributed by atoms with E-state index in [1.165, 1.54) is 31.3 Å². The van der Waals surface area contributed by atoms with Crippen molar-refractivity contribution in [3.8, 4) is 0 Å². The highest BCUT2D eigenvalue weighted by atomic mass is 16.4. The molecule has 0 aliphatic heterocycles. The zero-order chi connectivity index (χ0) is 24.9.